The summed E-state index contributed by atoms with van der Waals surface area (Å²) in [5, 5.41) is 3.81. The van der Waals surface area contributed by atoms with E-state index in [1.165, 1.54) is 0 Å². The lowest BCUT2D eigenvalue weighted by atomic mass is 9.64. The van der Waals surface area contributed by atoms with E-state index in [2.05, 4.69) is 21.2 Å². The average molecular weight is 423 g/mol. The van der Waals surface area contributed by atoms with Crippen LogP contribution in [0.5, 0.6) is 5.75 Å². The van der Waals surface area contributed by atoms with Crippen molar-refractivity contribution in [2.75, 3.05) is 13.7 Å². The Labute approximate surface area is 161 Å². The fourth-order valence-electron chi connectivity index (χ4n) is 3.30. The Kier molecular flexibility index (Phi) is 5.70. The summed E-state index contributed by atoms with van der Waals surface area (Å²) < 4.78 is 6.17. The highest BCUT2D eigenvalue weighted by Crippen LogP contribution is 2.44. The summed E-state index contributed by atoms with van der Waals surface area (Å²) in [6.07, 6.45) is 3.66. The number of ether oxygens (including phenoxy) is 1. The van der Waals surface area contributed by atoms with E-state index in [4.69, 9.17) is 16.3 Å². The predicted molar refractivity (Wildman–Crippen MR) is 104 cm³/mol. The molecule has 2 aromatic carbocycles. The third-order valence-electron chi connectivity index (χ3n) is 4.95. The molecule has 0 atom stereocenters. The minimum atomic E-state index is -0.384. The molecule has 0 radical (unpaired) electrons. The largest absolute Gasteiger partial charge is 0.496 e. The number of hydrogen-bond acceptors (Lipinski definition) is 2. The summed E-state index contributed by atoms with van der Waals surface area (Å²) in [6, 6.07) is 13.7. The molecule has 0 aliphatic heterocycles. The van der Waals surface area contributed by atoms with Crippen molar-refractivity contribution < 1.29 is 9.53 Å². The summed E-state index contributed by atoms with van der Waals surface area (Å²) in [5.74, 6) is 0.928. The van der Waals surface area contributed by atoms with E-state index in [1.807, 2.05) is 42.5 Å². The van der Waals surface area contributed by atoms with Gasteiger partial charge in [0.2, 0.25) is 5.91 Å². The van der Waals surface area contributed by atoms with Crippen LogP contribution in [-0.2, 0) is 16.6 Å². The number of benzene rings is 2. The maximum absolute atomic E-state index is 12.8. The van der Waals surface area contributed by atoms with Gasteiger partial charge in [0.1, 0.15) is 5.75 Å². The topological polar surface area (TPSA) is 38.3 Å². The molecule has 0 unspecified atom stereocenters. The second-order valence-electron chi connectivity index (χ2n) is 6.42. The van der Waals surface area contributed by atoms with Gasteiger partial charge in [-0.05, 0) is 70.6 Å². The van der Waals surface area contributed by atoms with Crippen molar-refractivity contribution in [1.29, 1.82) is 0 Å². The molecule has 2 aromatic rings. The molecular formula is C20H21BrClNO2. The Morgan fingerprint density at radius 2 is 1.96 bits per heavy atom. The summed E-state index contributed by atoms with van der Waals surface area (Å²) in [5.41, 5.74) is 1.83. The van der Waals surface area contributed by atoms with Crippen molar-refractivity contribution in [3.8, 4) is 5.75 Å². The van der Waals surface area contributed by atoms with Crippen LogP contribution in [0.1, 0.15) is 30.4 Å². The molecule has 1 aliphatic carbocycles. The molecule has 3 nitrogen and oxygen atoms in total. The normalized spacial score (nSPS) is 15.3. The molecule has 1 saturated carbocycles. The first kappa shape index (κ1) is 18.3. The maximum Gasteiger partial charge on any atom is 0.230 e. The van der Waals surface area contributed by atoms with Gasteiger partial charge < -0.3 is 10.1 Å². The Hall–Kier alpha value is -1.52. The van der Waals surface area contributed by atoms with Crippen LogP contribution < -0.4 is 10.1 Å². The third kappa shape index (κ3) is 3.85. The lowest BCUT2D eigenvalue weighted by Gasteiger charge is -2.40. The molecule has 1 amide bonds. The van der Waals surface area contributed by atoms with Gasteiger partial charge in [0, 0.05) is 11.6 Å². The number of nitrogens with one attached hydrogen (secondary N) is 1. The highest BCUT2D eigenvalue weighted by Gasteiger charge is 2.45. The zero-order chi connectivity index (χ0) is 17.9. The quantitative estimate of drug-likeness (QED) is 0.719. The second-order valence-corrected chi connectivity index (χ2v) is 7.71. The minimum absolute atomic E-state index is 0.119. The van der Waals surface area contributed by atoms with Gasteiger partial charge >= 0.3 is 0 Å². The molecule has 3 rings (SSSR count). The van der Waals surface area contributed by atoms with Crippen molar-refractivity contribution in [2.45, 2.75) is 31.1 Å². The fraction of sp³-hybridized carbons (Fsp3) is 0.350. The molecule has 0 spiro atoms. The van der Waals surface area contributed by atoms with E-state index < -0.39 is 0 Å². The van der Waals surface area contributed by atoms with E-state index in [9.17, 15) is 4.79 Å². The molecule has 0 aromatic heterocycles. The van der Waals surface area contributed by atoms with Gasteiger partial charge in [0.05, 0.1) is 17.0 Å². The van der Waals surface area contributed by atoms with Gasteiger partial charge in [0.25, 0.3) is 0 Å². The van der Waals surface area contributed by atoms with E-state index >= 15 is 0 Å². The molecule has 0 heterocycles. The van der Waals surface area contributed by atoms with Crippen molar-refractivity contribution in [1.82, 2.24) is 5.32 Å². The van der Waals surface area contributed by atoms with Gasteiger partial charge in [-0.1, -0.05) is 36.2 Å². The zero-order valence-corrected chi connectivity index (χ0v) is 16.5. The SMILES string of the molecule is COc1ccc(CCNC(=O)C2(c3ccc(Cl)cc3)CCC2)cc1Br. The Bertz CT molecular complexity index is 757. The number of methoxy groups -OCH3 is 1. The van der Waals surface area contributed by atoms with Crippen LogP contribution in [0.3, 0.4) is 0 Å². The van der Waals surface area contributed by atoms with Crippen molar-refractivity contribution in [3.63, 3.8) is 0 Å². The van der Waals surface area contributed by atoms with Crippen LogP contribution in [0.15, 0.2) is 46.9 Å². The Morgan fingerprint density at radius 3 is 2.52 bits per heavy atom. The van der Waals surface area contributed by atoms with Crippen LogP contribution in [0.25, 0.3) is 0 Å². The van der Waals surface area contributed by atoms with E-state index in [0.29, 0.717) is 11.6 Å². The summed E-state index contributed by atoms with van der Waals surface area (Å²) in [6.45, 7) is 0.618. The molecule has 1 fully saturated rings. The van der Waals surface area contributed by atoms with Crippen LogP contribution >= 0.6 is 27.5 Å². The van der Waals surface area contributed by atoms with E-state index in [-0.39, 0.29) is 11.3 Å². The molecule has 25 heavy (non-hydrogen) atoms. The first-order valence-corrected chi connectivity index (χ1v) is 9.59. The smallest absolute Gasteiger partial charge is 0.230 e. The van der Waals surface area contributed by atoms with E-state index in [1.54, 1.807) is 7.11 Å². The second kappa shape index (κ2) is 7.79. The number of halogens is 2. The molecule has 5 heteroatoms. The molecule has 0 saturated heterocycles. The standard InChI is InChI=1S/C20H21BrClNO2/c1-25-18-8-3-14(13-17(18)21)9-12-23-19(24)20(10-2-11-20)15-4-6-16(22)7-5-15/h3-8,13H,2,9-12H2,1H3,(H,23,24). The van der Waals surface area contributed by atoms with Crippen LogP contribution in [-0.4, -0.2) is 19.6 Å². The molecule has 1 aliphatic rings. The first-order chi connectivity index (χ1) is 12.0. The average Bonchev–Trinajstić information content (AvgIpc) is 2.56. The van der Waals surface area contributed by atoms with Crippen LogP contribution in [0, 0.1) is 0 Å². The monoisotopic (exact) mass is 421 g/mol. The zero-order valence-electron chi connectivity index (χ0n) is 14.1. The van der Waals surface area contributed by atoms with E-state index in [0.717, 1.165) is 47.0 Å². The van der Waals surface area contributed by atoms with Gasteiger partial charge in [-0.2, -0.15) is 0 Å². The molecule has 0 bridgehead atoms. The van der Waals surface area contributed by atoms with Crippen molar-refractivity contribution >= 4 is 33.4 Å². The molecule has 132 valence electrons. The maximum atomic E-state index is 12.8. The number of rotatable bonds is 6. The van der Waals surface area contributed by atoms with Crippen LogP contribution in [0.2, 0.25) is 5.02 Å². The summed E-state index contributed by atoms with van der Waals surface area (Å²) in [4.78, 5) is 12.8. The lowest BCUT2D eigenvalue weighted by Crippen LogP contribution is -2.49. The van der Waals surface area contributed by atoms with Gasteiger partial charge in [-0.3, -0.25) is 4.79 Å². The minimum Gasteiger partial charge on any atom is -0.496 e. The molecule has 1 N–H and O–H groups in total. The highest BCUT2D eigenvalue weighted by molar-refractivity contribution is 9.10. The lowest BCUT2D eigenvalue weighted by molar-refractivity contribution is -0.129. The summed E-state index contributed by atoms with van der Waals surface area (Å²) >= 11 is 9.47. The van der Waals surface area contributed by atoms with Crippen LogP contribution in [0.4, 0.5) is 0 Å². The first-order valence-electron chi connectivity index (χ1n) is 8.42. The highest BCUT2D eigenvalue weighted by atomic mass is 79.9. The predicted octanol–water partition coefficient (Wildman–Crippen LogP) is 4.89. The number of carbonyl (C=O) groups excluding carboxylic acids is 1. The molecular weight excluding hydrogens is 402 g/mol. The number of hydrogen-bond donors (Lipinski definition) is 1. The van der Waals surface area contributed by atoms with Crippen molar-refractivity contribution in [3.05, 3.63) is 63.1 Å². The number of amides is 1. The fourth-order valence-corrected chi connectivity index (χ4v) is 4.02. The Morgan fingerprint density at radius 1 is 1.24 bits per heavy atom. The van der Waals surface area contributed by atoms with Gasteiger partial charge in [-0.25, -0.2) is 0 Å². The van der Waals surface area contributed by atoms with Gasteiger partial charge in [0.15, 0.2) is 0 Å². The Balaban J connectivity index is 1.61. The van der Waals surface area contributed by atoms with Crippen molar-refractivity contribution in [2.24, 2.45) is 0 Å². The third-order valence-corrected chi connectivity index (χ3v) is 5.83. The summed E-state index contributed by atoms with van der Waals surface area (Å²) in [7, 11) is 1.65. The number of carbonyl (C=O) groups is 1. The van der Waals surface area contributed by atoms with Gasteiger partial charge in [-0.15, -0.1) is 0 Å².